The molecule has 0 spiro atoms. The fourth-order valence-corrected chi connectivity index (χ4v) is 4.65. The number of hydrogen-bond donors (Lipinski definition) is 0. The Hall–Kier alpha value is -0.870. The molecule has 0 amide bonds. The Labute approximate surface area is 127 Å². The van der Waals surface area contributed by atoms with Gasteiger partial charge in [0.25, 0.3) is 10.1 Å². The third-order valence-electron chi connectivity index (χ3n) is 5.61. The van der Waals surface area contributed by atoms with Crippen LogP contribution in [0.4, 0.5) is 0 Å². The summed E-state index contributed by atoms with van der Waals surface area (Å²) in [5.74, 6) is 0. The van der Waals surface area contributed by atoms with Crippen LogP contribution in [0.2, 0.25) is 0 Å². The average molecular weight is 308 g/mol. The van der Waals surface area contributed by atoms with Crippen LogP contribution in [0.15, 0.2) is 29.2 Å². The van der Waals surface area contributed by atoms with Gasteiger partial charge in [0, 0.05) is 0 Å². The molecule has 0 unspecified atom stereocenters. The number of aryl methyl sites for hydroxylation is 1. The van der Waals surface area contributed by atoms with E-state index in [9.17, 15) is 8.42 Å². The smallest absolute Gasteiger partial charge is 0.266 e. The molecule has 0 atom stereocenters. The van der Waals surface area contributed by atoms with Crippen molar-refractivity contribution in [1.82, 2.24) is 0 Å². The maximum absolute atomic E-state index is 12.3. The summed E-state index contributed by atoms with van der Waals surface area (Å²) in [7, 11) is -3.62. The highest BCUT2D eigenvalue weighted by Gasteiger charge is 2.46. The molecule has 0 radical (unpaired) electrons. The predicted molar refractivity (Wildman–Crippen MR) is 82.6 cm³/mol. The van der Waals surface area contributed by atoms with Crippen molar-refractivity contribution in [3.05, 3.63) is 29.8 Å². The molecule has 1 aromatic carbocycles. The van der Waals surface area contributed by atoms with Crippen molar-refractivity contribution in [3.63, 3.8) is 0 Å². The standard InChI is InChI=1S/C17H24O3S/c1-14-3-5-15(6-4-14)21(18,19)20-13-17-10-7-16(2,8-11-17)9-12-17/h3-6H,7-13H2,1-2H3. The Bertz CT molecular complexity index is 591. The molecule has 0 heterocycles. The maximum Gasteiger partial charge on any atom is 0.296 e. The second kappa shape index (κ2) is 5.10. The van der Waals surface area contributed by atoms with Crippen molar-refractivity contribution in [2.24, 2.45) is 10.8 Å². The van der Waals surface area contributed by atoms with Gasteiger partial charge in [0.05, 0.1) is 11.5 Å². The van der Waals surface area contributed by atoms with Crippen LogP contribution in [-0.4, -0.2) is 15.0 Å². The zero-order chi connectivity index (χ0) is 15.1. The largest absolute Gasteiger partial charge is 0.296 e. The van der Waals surface area contributed by atoms with Crippen LogP contribution in [0.3, 0.4) is 0 Å². The van der Waals surface area contributed by atoms with Crippen molar-refractivity contribution in [2.45, 2.75) is 57.3 Å². The Balaban J connectivity index is 1.68. The van der Waals surface area contributed by atoms with Gasteiger partial charge in [-0.15, -0.1) is 0 Å². The zero-order valence-electron chi connectivity index (χ0n) is 12.9. The second-order valence-corrected chi connectivity index (χ2v) is 8.96. The van der Waals surface area contributed by atoms with Gasteiger partial charge >= 0.3 is 0 Å². The van der Waals surface area contributed by atoms with Gasteiger partial charge in [-0.2, -0.15) is 8.42 Å². The van der Waals surface area contributed by atoms with E-state index in [2.05, 4.69) is 6.92 Å². The SMILES string of the molecule is Cc1ccc(S(=O)(=O)OCC23CCC(C)(CC2)CC3)cc1. The fourth-order valence-electron chi connectivity index (χ4n) is 3.64. The molecule has 3 aliphatic carbocycles. The molecule has 4 heteroatoms. The van der Waals surface area contributed by atoms with E-state index < -0.39 is 10.1 Å². The van der Waals surface area contributed by atoms with Gasteiger partial charge in [0.2, 0.25) is 0 Å². The van der Waals surface area contributed by atoms with Crippen LogP contribution in [0.5, 0.6) is 0 Å². The van der Waals surface area contributed by atoms with Gasteiger partial charge in [-0.05, 0) is 68.4 Å². The summed E-state index contributed by atoms with van der Waals surface area (Å²) in [5, 5.41) is 0. The molecule has 2 bridgehead atoms. The molecular formula is C17H24O3S. The molecule has 21 heavy (non-hydrogen) atoms. The van der Waals surface area contributed by atoms with Crippen molar-refractivity contribution >= 4 is 10.1 Å². The molecule has 4 rings (SSSR count). The lowest BCUT2D eigenvalue weighted by Gasteiger charge is -2.51. The first-order valence-electron chi connectivity index (χ1n) is 7.79. The summed E-state index contributed by atoms with van der Waals surface area (Å²) in [5.41, 5.74) is 1.64. The number of rotatable bonds is 4. The second-order valence-electron chi connectivity index (χ2n) is 7.34. The van der Waals surface area contributed by atoms with Crippen LogP contribution in [0.1, 0.15) is 51.0 Å². The minimum Gasteiger partial charge on any atom is -0.266 e. The summed E-state index contributed by atoms with van der Waals surface area (Å²) in [4.78, 5) is 0.265. The van der Waals surface area contributed by atoms with E-state index in [-0.39, 0.29) is 10.3 Å². The number of benzene rings is 1. The molecule has 3 nitrogen and oxygen atoms in total. The topological polar surface area (TPSA) is 43.4 Å². The minimum atomic E-state index is -3.62. The van der Waals surface area contributed by atoms with Crippen molar-refractivity contribution in [2.75, 3.05) is 6.61 Å². The highest BCUT2D eigenvalue weighted by Crippen LogP contribution is 2.56. The minimum absolute atomic E-state index is 0.0928. The molecule has 116 valence electrons. The van der Waals surface area contributed by atoms with Gasteiger partial charge in [-0.1, -0.05) is 24.6 Å². The first kappa shape index (κ1) is 15.0. The number of fused-ring (bicyclic) bond motifs is 3. The average Bonchev–Trinajstić information content (AvgIpc) is 2.48. The Morgan fingerprint density at radius 1 is 1.00 bits per heavy atom. The lowest BCUT2D eigenvalue weighted by molar-refractivity contribution is -0.0249. The van der Waals surface area contributed by atoms with E-state index >= 15 is 0 Å². The Kier molecular flexibility index (Phi) is 3.65. The summed E-state index contributed by atoms with van der Waals surface area (Å²) in [6.07, 6.45) is 6.94. The normalized spacial score (nSPS) is 32.3. The summed E-state index contributed by atoms with van der Waals surface area (Å²) < 4.78 is 30.0. The van der Waals surface area contributed by atoms with Crippen LogP contribution < -0.4 is 0 Å². The zero-order valence-corrected chi connectivity index (χ0v) is 13.7. The monoisotopic (exact) mass is 308 g/mol. The Morgan fingerprint density at radius 2 is 1.52 bits per heavy atom. The van der Waals surface area contributed by atoms with Crippen LogP contribution in [-0.2, 0) is 14.3 Å². The predicted octanol–water partition coefficient (Wildman–Crippen LogP) is 4.06. The van der Waals surface area contributed by atoms with E-state index in [4.69, 9.17) is 4.18 Å². The first-order chi connectivity index (χ1) is 9.83. The van der Waals surface area contributed by atoms with Crippen molar-refractivity contribution in [3.8, 4) is 0 Å². The van der Waals surface area contributed by atoms with Crippen LogP contribution in [0, 0.1) is 17.8 Å². The van der Waals surface area contributed by atoms with Crippen LogP contribution in [0.25, 0.3) is 0 Å². The highest BCUT2D eigenvalue weighted by molar-refractivity contribution is 7.86. The highest BCUT2D eigenvalue weighted by atomic mass is 32.2. The molecule has 1 aromatic rings. The van der Waals surface area contributed by atoms with Gasteiger partial charge in [-0.25, -0.2) is 0 Å². The van der Waals surface area contributed by atoms with Crippen LogP contribution >= 0.6 is 0 Å². The fraction of sp³-hybridized carbons (Fsp3) is 0.647. The number of hydrogen-bond acceptors (Lipinski definition) is 3. The van der Waals surface area contributed by atoms with Crippen molar-refractivity contribution < 1.29 is 12.6 Å². The first-order valence-corrected chi connectivity index (χ1v) is 9.20. The van der Waals surface area contributed by atoms with Gasteiger partial charge in [0.1, 0.15) is 0 Å². The van der Waals surface area contributed by atoms with E-state index in [1.54, 1.807) is 24.3 Å². The molecule has 3 fully saturated rings. The third-order valence-corrected chi connectivity index (χ3v) is 6.88. The van der Waals surface area contributed by atoms with Gasteiger partial charge in [-0.3, -0.25) is 4.18 Å². The van der Waals surface area contributed by atoms with E-state index in [0.29, 0.717) is 12.0 Å². The summed E-state index contributed by atoms with van der Waals surface area (Å²) in [6, 6.07) is 6.87. The van der Waals surface area contributed by atoms with E-state index in [1.165, 1.54) is 19.3 Å². The summed E-state index contributed by atoms with van der Waals surface area (Å²) >= 11 is 0. The third kappa shape index (κ3) is 3.02. The van der Waals surface area contributed by atoms with E-state index in [0.717, 1.165) is 24.8 Å². The lowest BCUT2D eigenvalue weighted by Crippen LogP contribution is -2.42. The molecular weight excluding hydrogens is 284 g/mol. The molecule has 0 aliphatic heterocycles. The molecule has 0 N–H and O–H groups in total. The Morgan fingerprint density at radius 3 is 2.05 bits per heavy atom. The quantitative estimate of drug-likeness (QED) is 0.788. The van der Waals surface area contributed by atoms with Gasteiger partial charge in [0.15, 0.2) is 0 Å². The maximum atomic E-state index is 12.3. The molecule has 0 aromatic heterocycles. The molecule has 0 saturated heterocycles. The molecule has 3 aliphatic rings. The van der Waals surface area contributed by atoms with Gasteiger partial charge < -0.3 is 0 Å². The lowest BCUT2D eigenvalue weighted by atomic mass is 9.55. The van der Waals surface area contributed by atoms with Crippen molar-refractivity contribution in [1.29, 1.82) is 0 Å². The van der Waals surface area contributed by atoms with E-state index in [1.807, 2.05) is 6.92 Å². The molecule has 3 saturated carbocycles. The summed E-state index contributed by atoms with van der Waals surface area (Å²) in [6.45, 7) is 4.65.